The van der Waals surface area contributed by atoms with Gasteiger partial charge in [-0.25, -0.2) is 0 Å². The molecule has 0 aliphatic carbocycles. The first-order valence-electron chi connectivity index (χ1n) is 7.38. The number of carbonyl (C=O) groups excluding carboxylic acids is 1. The van der Waals surface area contributed by atoms with Crippen molar-refractivity contribution in [3.8, 4) is 11.5 Å². The van der Waals surface area contributed by atoms with E-state index in [1.54, 1.807) is 26.0 Å². The van der Waals surface area contributed by atoms with Crippen molar-refractivity contribution in [2.24, 2.45) is 0 Å². The van der Waals surface area contributed by atoms with Crippen LogP contribution in [0.3, 0.4) is 0 Å². The van der Waals surface area contributed by atoms with Crippen LogP contribution in [0.15, 0.2) is 12.1 Å². The molecule has 1 heterocycles. The summed E-state index contributed by atoms with van der Waals surface area (Å²) in [5, 5.41) is 12.0. The summed E-state index contributed by atoms with van der Waals surface area (Å²) in [5.74, 6) is -0.0420. The molecular weight excluding hydrogens is 322 g/mol. The number of nitrogens with one attached hydrogen (secondary N) is 1. The average molecular weight is 342 g/mol. The zero-order valence-electron chi connectivity index (χ0n) is 13.1. The second-order valence-corrected chi connectivity index (χ2v) is 6.51. The van der Waals surface area contributed by atoms with E-state index in [0.717, 1.165) is 0 Å². The molecule has 1 aliphatic heterocycles. The Morgan fingerprint density at radius 1 is 1.30 bits per heavy atom. The molecule has 0 bridgehead atoms. The predicted octanol–water partition coefficient (Wildman–Crippen LogP) is 2.41. The molecule has 2 N–H and O–H groups in total. The first-order valence-corrected chi connectivity index (χ1v) is 7.75. The van der Waals surface area contributed by atoms with Gasteiger partial charge in [0.1, 0.15) is 13.2 Å². The fourth-order valence-electron chi connectivity index (χ4n) is 2.36. The quantitative estimate of drug-likeness (QED) is 0.830. The zero-order valence-corrected chi connectivity index (χ0v) is 13.9. The third kappa shape index (κ3) is 5.03. The van der Waals surface area contributed by atoms with E-state index in [9.17, 15) is 9.59 Å². The molecule has 0 unspecified atom stereocenters. The fourth-order valence-corrected chi connectivity index (χ4v) is 2.64. The lowest BCUT2D eigenvalue weighted by Crippen LogP contribution is -2.44. The molecule has 0 radical (unpaired) electrons. The third-order valence-electron chi connectivity index (χ3n) is 3.46. The molecule has 0 fully saturated rings. The Kier molecular flexibility index (Phi) is 5.36. The van der Waals surface area contributed by atoms with Crippen LogP contribution in [0.2, 0.25) is 5.02 Å². The predicted molar refractivity (Wildman–Crippen MR) is 85.2 cm³/mol. The van der Waals surface area contributed by atoms with Crippen molar-refractivity contribution < 1.29 is 24.2 Å². The highest BCUT2D eigenvalue weighted by Crippen LogP contribution is 2.38. The van der Waals surface area contributed by atoms with Crippen molar-refractivity contribution >= 4 is 23.5 Å². The first kappa shape index (κ1) is 17.4. The first-order chi connectivity index (χ1) is 10.8. The number of hydrogen-bond acceptors (Lipinski definition) is 4. The van der Waals surface area contributed by atoms with Crippen molar-refractivity contribution in [3.63, 3.8) is 0 Å². The van der Waals surface area contributed by atoms with Crippen LogP contribution < -0.4 is 14.8 Å². The zero-order chi connectivity index (χ0) is 17.0. The highest BCUT2D eigenvalue weighted by molar-refractivity contribution is 6.32. The number of benzene rings is 1. The summed E-state index contributed by atoms with van der Waals surface area (Å²) in [6, 6.07) is 3.42. The van der Waals surface area contributed by atoms with E-state index in [4.69, 9.17) is 26.2 Å². The number of carboxylic acid groups (broad SMARTS) is 1. The van der Waals surface area contributed by atoms with Crippen LogP contribution in [-0.4, -0.2) is 35.7 Å². The molecule has 1 amide bonds. The summed E-state index contributed by atoms with van der Waals surface area (Å²) in [6.45, 7) is 4.49. The van der Waals surface area contributed by atoms with Gasteiger partial charge in [0.05, 0.1) is 11.4 Å². The maximum absolute atomic E-state index is 12.2. The normalized spacial score (nSPS) is 13.5. The third-order valence-corrected chi connectivity index (χ3v) is 3.74. The lowest BCUT2D eigenvalue weighted by atomic mass is 9.97. The molecule has 6 nitrogen and oxygen atoms in total. The minimum Gasteiger partial charge on any atom is -0.486 e. The van der Waals surface area contributed by atoms with Crippen LogP contribution in [0.25, 0.3) is 0 Å². The van der Waals surface area contributed by atoms with Crippen LogP contribution in [0.4, 0.5) is 0 Å². The molecule has 2 rings (SSSR count). The van der Waals surface area contributed by atoms with Gasteiger partial charge in [-0.3, -0.25) is 9.59 Å². The molecule has 1 aromatic rings. The highest BCUT2D eigenvalue weighted by Gasteiger charge is 2.23. The van der Waals surface area contributed by atoms with E-state index in [-0.39, 0.29) is 18.7 Å². The topological polar surface area (TPSA) is 84.9 Å². The second kappa shape index (κ2) is 7.08. The summed E-state index contributed by atoms with van der Waals surface area (Å²) in [7, 11) is 0. The molecule has 23 heavy (non-hydrogen) atoms. The maximum atomic E-state index is 12.2. The number of carbonyl (C=O) groups is 2. The summed E-state index contributed by atoms with van der Waals surface area (Å²) < 4.78 is 10.9. The van der Waals surface area contributed by atoms with E-state index in [1.165, 1.54) is 0 Å². The van der Waals surface area contributed by atoms with Crippen molar-refractivity contribution in [1.82, 2.24) is 5.32 Å². The number of fused-ring (bicyclic) bond motifs is 1. The van der Waals surface area contributed by atoms with Crippen LogP contribution in [0.1, 0.15) is 32.3 Å². The summed E-state index contributed by atoms with van der Waals surface area (Å²) >= 11 is 6.15. The number of carboxylic acids is 1. The molecule has 1 aliphatic rings. The lowest BCUT2D eigenvalue weighted by molar-refractivity contribution is -0.137. The van der Waals surface area contributed by atoms with Crippen molar-refractivity contribution in [2.75, 3.05) is 13.2 Å². The number of aliphatic carboxylic acids is 1. The van der Waals surface area contributed by atoms with Crippen LogP contribution >= 0.6 is 11.6 Å². The molecule has 0 spiro atoms. The van der Waals surface area contributed by atoms with Gasteiger partial charge in [0, 0.05) is 12.0 Å². The Hall–Kier alpha value is -1.95. The molecular formula is C16H20ClNO5. The highest BCUT2D eigenvalue weighted by atomic mass is 35.5. The van der Waals surface area contributed by atoms with E-state index in [2.05, 4.69) is 5.32 Å². The fraction of sp³-hybridized carbons (Fsp3) is 0.500. The molecule has 0 saturated carbocycles. The Balaban J connectivity index is 2.00. The molecule has 0 aromatic heterocycles. The summed E-state index contributed by atoms with van der Waals surface area (Å²) in [5.41, 5.74) is 0.123. The van der Waals surface area contributed by atoms with E-state index >= 15 is 0 Å². The Morgan fingerprint density at radius 2 is 2.00 bits per heavy atom. The number of ether oxygens (including phenoxy) is 2. The summed E-state index contributed by atoms with van der Waals surface area (Å²) in [6.07, 6.45) is 0.492. The van der Waals surface area contributed by atoms with Gasteiger partial charge in [0.25, 0.3) is 0 Å². The number of amides is 1. The van der Waals surface area contributed by atoms with Gasteiger partial charge < -0.3 is 19.9 Å². The SMILES string of the molecule is CC(C)(CCC(=O)O)NC(=O)Cc1cc(Cl)c2c(c1)OCCO2. The molecule has 0 saturated heterocycles. The van der Waals surface area contributed by atoms with Crippen LogP contribution in [0.5, 0.6) is 11.5 Å². The van der Waals surface area contributed by atoms with Gasteiger partial charge in [-0.2, -0.15) is 0 Å². The maximum Gasteiger partial charge on any atom is 0.303 e. The van der Waals surface area contributed by atoms with Gasteiger partial charge in [-0.1, -0.05) is 11.6 Å². The Morgan fingerprint density at radius 3 is 2.70 bits per heavy atom. The summed E-state index contributed by atoms with van der Waals surface area (Å²) in [4.78, 5) is 22.8. The molecule has 0 atom stereocenters. The van der Waals surface area contributed by atoms with Crippen LogP contribution in [0, 0.1) is 0 Å². The van der Waals surface area contributed by atoms with E-state index in [0.29, 0.717) is 41.7 Å². The van der Waals surface area contributed by atoms with Crippen LogP contribution in [-0.2, 0) is 16.0 Å². The number of hydrogen-bond donors (Lipinski definition) is 2. The number of rotatable bonds is 6. The van der Waals surface area contributed by atoms with Crippen molar-refractivity contribution in [2.45, 2.75) is 38.6 Å². The molecule has 7 heteroatoms. The standard InChI is InChI=1S/C16H20ClNO5/c1-16(2,4-3-14(20)21)18-13(19)9-10-7-11(17)15-12(8-10)22-5-6-23-15/h7-8H,3-6,9H2,1-2H3,(H,18,19)(H,20,21). The van der Waals surface area contributed by atoms with E-state index < -0.39 is 11.5 Å². The van der Waals surface area contributed by atoms with Gasteiger partial charge in [-0.15, -0.1) is 0 Å². The minimum atomic E-state index is -0.883. The van der Waals surface area contributed by atoms with Crippen molar-refractivity contribution in [1.29, 1.82) is 0 Å². The van der Waals surface area contributed by atoms with E-state index in [1.807, 2.05) is 0 Å². The van der Waals surface area contributed by atoms with Crippen molar-refractivity contribution in [3.05, 3.63) is 22.7 Å². The number of halogens is 1. The van der Waals surface area contributed by atoms with Gasteiger partial charge >= 0.3 is 5.97 Å². The average Bonchev–Trinajstić information content (AvgIpc) is 2.44. The Bertz CT molecular complexity index is 615. The molecule has 126 valence electrons. The van der Waals surface area contributed by atoms with Gasteiger partial charge in [0.15, 0.2) is 11.5 Å². The Labute approximate surface area is 139 Å². The van der Waals surface area contributed by atoms with Gasteiger partial charge in [0.2, 0.25) is 5.91 Å². The largest absolute Gasteiger partial charge is 0.486 e. The lowest BCUT2D eigenvalue weighted by Gasteiger charge is -2.26. The smallest absolute Gasteiger partial charge is 0.303 e. The second-order valence-electron chi connectivity index (χ2n) is 6.10. The monoisotopic (exact) mass is 341 g/mol. The minimum absolute atomic E-state index is 0.00311. The molecule has 1 aromatic carbocycles. The van der Waals surface area contributed by atoms with Gasteiger partial charge in [-0.05, 0) is 38.0 Å².